The van der Waals surface area contributed by atoms with E-state index in [1.54, 1.807) is 11.3 Å². The molecule has 2 nitrogen and oxygen atoms in total. The Kier molecular flexibility index (Phi) is 5.12. The first-order valence-electron chi connectivity index (χ1n) is 5.36. The van der Waals surface area contributed by atoms with Crippen LogP contribution in [-0.4, -0.2) is 17.6 Å². The molecule has 1 unspecified atom stereocenters. The highest BCUT2D eigenvalue weighted by molar-refractivity contribution is 7.09. The lowest BCUT2D eigenvalue weighted by Crippen LogP contribution is -2.27. The fourth-order valence-electron chi connectivity index (χ4n) is 1.38. The van der Waals surface area contributed by atoms with Crippen molar-refractivity contribution in [2.24, 2.45) is 0 Å². The molecule has 0 bridgehead atoms. The molecule has 1 heterocycles. The van der Waals surface area contributed by atoms with Crippen LogP contribution >= 0.6 is 11.3 Å². The van der Waals surface area contributed by atoms with E-state index in [0.717, 1.165) is 13.0 Å². The molecule has 80 valence electrons. The first-order chi connectivity index (χ1) is 6.72. The molecule has 0 aliphatic carbocycles. The largest absolute Gasteiger partial charge is 0.314 e. The van der Waals surface area contributed by atoms with Crippen LogP contribution in [0.5, 0.6) is 0 Å². The summed E-state index contributed by atoms with van der Waals surface area (Å²) in [6, 6.07) is 0.608. The van der Waals surface area contributed by atoms with E-state index < -0.39 is 0 Å². The first kappa shape index (κ1) is 11.7. The number of hydrogen-bond acceptors (Lipinski definition) is 3. The highest BCUT2D eigenvalue weighted by Gasteiger charge is 2.03. The van der Waals surface area contributed by atoms with Gasteiger partial charge in [-0.1, -0.05) is 6.92 Å². The lowest BCUT2D eigenvalue weighted by atomic mass is 10.1. The zero-order chi connectivity index (χ0) is 10.4. The second kappa shape index (κ2) is 6.14. The zero-order valence-corrected chi connectivity index (χ0v) is 10.2. The number of aromatic nitrogens is 1. The summed E-state index contributed by atoms with van der Waals surface area (Å²) in [5, 5.41) is 6.83. The minimum absolute atomic E-state index is 0.608. The normalized spacial score (nSPS) is 13.1. The van der Waals surface area contributed by atoms with Crippen LogP contribution in [0.2, 0.25) is 0 Å². The maximum absolute atomic E-state index is 4.45. The summed E-state index contributed by atoms with van der Waals surface area (Å²) in [6.45, 7) is 7.63. The fraction of sp³-hybridized carbons (Fsp3) is 0.727. The van der Waals surface area contributed by atoms with Gasteiger partial charge in [0, 0.05) is 11.4 Å². The van der Waals surface area contributed by atoms with Crippen molar-refractivity contribution in [3.8, 4) is 0 Å². The summed E-state index contributed by atoms with van der Waals surface area (Å²) in [7, 11) is 0. The van der Waals surface area contributed by atoms with Crippen LogP contribution < -0.4 is 5.32 Å². The smallest absolute Gasteiger partial charge is 0.0897 e. The molecule has 0 aromatic carbocycles. The van der Waals surface area contributed by atoms with Crippen LogP contribution in [0.1, 0.15) is 37.4 Å². The molecule has 0 spiro atoms. The Bertz CT molecular complexity index is 258. The standard InChI is InChI=1S/C11H20N2S/c1-4-7-12-9(2)5-6-11-8-14-10(3)13-11/h8-9,12H,4-7H2,1-3H3. The van der Waals surface area contributed by atoms with Gasteiger partial charge in [0.05, 0.1) is 10.7 Å². The Balaban J connectivity index is 2.20. The topological polar surface area (TPSA) is 24.9 Å². The molecular weight excluding hydrogens is 192 g/mol. The molecule has 0 fully saturated rings. The van der Waals surface area contributed by atoms with Gasteiger partial charge in [-0.05, 0) is 39.7 Å². The quantitative estimate of drug-likeness (QED) is 0.784. The van der Waals surface area contributed by atoms with Crippen LogP contribution in [0.15, 0.2) is 5.38 Å². The van der Waals surface area contributed by atoms with Gasteiger partial charge in [0.1, 0.15) is 0 Å². The van der Waals surface area contributed by atoms with E-state index >= 15 is 0 Å². The first-order valence-corrected chi connectivity index (χ1v) is 6.24. The van der Waals surface area contributed by atoms with E-state index in [2.05, 4.69) is 36.5 Å². The molecule has 1 aromatic heterocycles. The van der Waals surface area contributed by atoms with Crippen molar-refractivity contribution in [3.63, 3.8) is 0 Å². The van der Waals surface area contributed by atoms with E-state index in [9.17, 15) is 0 Å². The van der Waals surface area contributed by atoms with Gasteiger partial charge in [-0.15, -0.1) is 11.3 Å². The summed E-state index contributed by atoms with van der Waals surface area (Å²) in [6.07, 6.45) is 3.49. The molecule has 1 atom stereocenters. The molecule has 0 saturated carbocycles. The Labute approximate surface area is 90.8 Å². The second-order valence-electron chi connectivity index (χ2n) is 3.75. The molecule has 0 radical (unpaired) electrons. The van der Waals surface area contributed by atoms with E-state index in [-0.39, 0.29) is 0 Å². The predicted molar refractivity (Wildman–Crippen MR) is 62.9 cm³/mol. The summed E-state index contributed by atoms with van der Waals surface area (Å²) in [4.78, 5) is 4.45. The molecule has 1 N–H and O–H groups in total. The van der Waals surface area contributed by atoms with Gasteiger partial charge >= 0.3 is 0 Å². The number of hydrogen-bond donors (Lipinski definition) is 1. The summed E-state index contributed by atoms with van der Waals surface area (Å²) >= 11 is 1.74. The van der Waals surface area contributed by atoms with Gasteiger partial charge in [0.2, 0.25) is 0 Å². The van der Waals surface area contributed by atoms with Crippen LogP contribution in [0.3, 0.4) is 0 Å². The minimum atomic E-state index is 0.608. The Morgan fingerprint density at radius 3 is 2.93 bits per heavy atom. The van der Waals surface area contributed by atoms with E-state index in [1.165, 1.54) is 23.5 Å². The van der Waals surface area contributed by atoms with Gasteiger partial charge in [0.15, 0.2) is 0 Å². The van der Waals surface area contributed by atoms with Crippen LogP contribution in [-0.2, 0) is 6.42 Å². The van der Waals surface area contributed by atoms with E-state index in [0.29, 0.717) is 6.04 Å². The van der Waals surface area contributed by atoms with Gasteiger partial charge in [-0.2, -0.15) is 0 Å². The van der Waals surface area contributed by atoms with Crippen molar-refractivity contribution in [2.45, 2.75) is 46.1 Å². The molecule has 3 heteroatoms. The third kappa shape index (κ3) is 4.20. The van der Waals surface area contributed by atoms with Gasteiger partial charge in [-0.3, -0.25) is 0 Å². The second-order valence-corrected chi connectivity index (χ2v) is 4.81. The van der Waals surface area contributed by atoms with Crippen LogP contribution in [0, 0.1) is 6.92 Å². The number of rotatable bonds is 6. The highest BCUT2D eigenvalue weighted by atomic mass is 32.1. The monoisotopic (exact) mass is 212 g/mol. The number of nitrogens with one attached hydrogen (secondary N) is 1. The van der Waals surface area contributed by atoms with Crippen molar-refractivity contribution < 1.29 is 0 Å². The van der Waals surface area contributed by atoms with Gasteiger partial charge in [-0.25, -0.2) is 4.98 Å². The highest BCUT2D eigenvalue weighted by Crippen LogP contribution is 2.10. The molecule has 1 aromatic rings. The predicted octanol–water partition coefficient (Wildman–Crippen LogP) is 2.77. The summed E-state index contributed by atoms with van der Waals surface area (Å²) < 4.78 is 0. The molecular formula is C11H20N2S. The molecule has 0 amide bonds. The number of thiazole rings is 1. The van der Waals surface area contributed by atoms with Gasteiger partial charge < -0.3 is 5.32 Å². The summed E-state index contributed by atoms with van der Waals surface area (Å²) in [5.74, 6) is 0. The maximum atomic E-state index is 4.45. The molecule has 1 rings (SSSR count). The lowest BCUT2D eigenvalue weighted by Gasteiger charge is -2.11. The maximum Gasteiger partial charge on any atom is 0.0897 e. The lowest BCUT2D eigenvalue weighted by molar-refractivity contribution is 0.512. The molecule has 14 heavy (non-hydrogen) atoms. The number of nitrogens with zero attached hydrogens (tertiary/aromatic N) is 1. The van der Waals surface area contributed by atoms with Crippen LogP contribution in [0.25, 0.3) is 0 Å². The van der Waals surface area contributed by atoms with Crippen molar-refractivity contribution in [2.75, 3.05) is 6.54 Å². The SMILES string of the molecule is CCCNC(C)CCc1csc(C)n1. The average molecular weight is 212 g/mol. The minimum Gasteiger partial charge on any atom is -0.314 e. The third-order valence-electron chi connectivity index (χ3n) is 2.24. The van der Waals surface area contributed by atoms with Crippen molar-refractivity contribution >= 4 is 11.3 Å². The molecule has 0 aliphatic heterocycles. The third-order valence-corrected chi connectivity index (χ3v) is 3.07. The number of aryl methyl sites for hydroxylation is 2. The van der Waals surface area contributed by atoms with Crippen molar-refractivity contribution in [1.82, 2.24) is 10.3 Å². The van der Waals surface area contributed by atoms with E-state index in [4.69, 9.17) is 0 Å². The fourth-order valence-corrected chi connectivity index (χ4v) is 2.03. The van der Waals surface area contributed by atoms with Gasteiger partial charge in [0.25, 0.3) is 0 Å². The summed E-state index contributed by atoms with van der Waals surface area (Å²) in [5.41, 5.74) is 1.25. The average Bonchev–Trinajstić information content (AvgIpc) is 2.58. The Hall–Kier alpha value is -0.410. The Morgan fingerprint density at radius 1 is 1.57 bits per heavy atom. The van der Waals surface area contributed by atoms with Crippen molar-refractivity contribution in [1.29, 1.82) is 0 Å². The zero-order valence-electron chi connectivity index (χ0n) is 9.34. The molecule has 0 aliphatic rings. The molecule has 0 saturated heterocycles. The van der Waals surface area contributed by atoms with E-state index in [1.807, 2.05) is 0 Å². The Morgan fingerprint density at radius 2 is 2.36 bits per heavy atom. The van der Waals surface area contributed by atoms with Crippen molar-refractivity contribution in [3.05, 3.63) is 16.1 Å². The van der Waals surface area contributed by atoms with Crippen LogP contribution in [0.4, 0.5) is 0 Å².